The average Bonchev–Trinajstić information content (AvgIpc) is 2.66. The van der Waals surface area contributed by atoms with E-state index in [0.717, 1.165) is 0 Å². The summed E-state index contributed by atoms with van der Waals surface area (Å²) in [5.41, 5.74) is -0.705. The van der Waals surface area contributed by atoms with Crippen LogP contribution in [0.4, 0.5) is 4.39 Å². The number of phenols is 1. The number of fused-ring (bicyclic) bond motifs is 1. The fraction of sp³-hybridized carbons (Fsp3) is 0.455. The van der Waals surface area contributed by atoms with Crippen LogP contribution in [0.3, 0.4) is 0 Å². The Morgan fingerprint density at radius 1 is 1.44 bits per heavy atom. The van der Waals surface area contributed by atoms with Crippen LogP contribution in [0.1, 0.15) is 19.4 Å². The molecule has 88 valence electrons. The summed E-state index contributed by atoms with van der Waals surface area (Å²) in [4.78, 5) is 0. The van der Waals surface area contributed by atoms with Gasteiger partial charge in [-0.25, -0.2) is 4.39 Å². The highest BCUT2D eigenvalue weighted by atomic mass is 19.1. The van der Waals surface area contributed by atoms with E-state index in [0.29, 0.717) is 5.75 Å². The maximum atomic E-state index is 13.8. The van der Waals surface area contributed by atoms with Gasteiger partial charge < -0.3 is 19.7 Å². The Hall–Kier alpha value is -1.49. The van der Waals surface area contributed by atoms with Crippen molar-refractivity contribution < 1.29 is 24.1 Å². The van der Waals surface area contributed by atoms with Crippen LogP contribution >= 0.6 is 0 Å². The second kappa shape index (κ2) is 3.52. The molecule has 0 bridgehead atoms. The first kappa shape index (κ1) is 11.0. The minimum absolute atomic E-state index is 0.00721. The largest absolute Gasteiger partial charge is 0.505 e. The van der Waals surface area contributed by atoms with Gasteiger partial charge in [-0.3, -0.25) is 0 Å². The van der Waals surface area contributed by atoms with Gasteiger partial charge >= 0.3 is 0 Å². The number of rotatable bonds is 2. The molecule has 0 aromatic heterocycles. The van der Waals surface area contributed by atoms with E-state index in [9.17, 15) is 14.6 Å². The zero-order chi connectivity index (χ0) is 11.9. The number of aliphatic hydroxyl groups excluding tert-OH is 1. The average molecular weight is 228 g/mol. The highest BCUT2D eigenvalue weighted by molar-refractivity contribution is 5.56. The van der Waals surface area contributed by atoms with Gasteiger partial charge in [0.2, 0.25) is 6.79 Å². The Labute approximate surface area is 92.2 Å². The number of aromatic hydroxyl groups is 1. The minimum atomic E-state index is -0.847. The van der Waals surface area contributed by atoms with E-state index in [1.54, 1.807) is 13.8 Å². The molecule has 2 N–H and O–H groups in total. The molecule has 0 radical (unpaired) electrons. The Bertz CT molecular complexity index is 428. The van der Waals surface area contributed by atoms with E-state index in [1.807, 2.05) is 0 Å². The van der Waals surface area contributed by atoms with E-state index in [2.05, 4.69) is 0 Å². The summed E-state index contributed by atoms with van der Waals surface area (Å²) in [6.45, 7) is 3.05. The molecule has 0 amide bonds. The van der Waals surface area contributed by atoms with E-state index >= 15 is 0 Å². The molecular formula is C11H13FO4. The van der Waals surface area contributed by atoms with Crippen LogP contribution in [0, 0.1) is 5.82 Å². The van der Waals surface area contributed by atoms with Crippen molar-refractivity contribution in [2.45, 2.75) is 19.3 Å². The van der Waals surface area contributed by atoms with Gasteiger partial charge in [0.05, 0.1) is 6.61 Å². The highest BCUT2D eigenvalue weighted by Gasteiger charge is 2.34. The lowest BCUT2D eigenvalue weighted by Gasteiger charge is -2.24. The van der Waals surface area contributed by atoms with Crippen molar-refractivity contribution in [1.29, 1.82) is 0 Å². The number of halogens is 1. The normalized spacial score (nSPS) is 14.2. The molecular weight excluding hydrogens is 215 g/mol. The van der Waals surface area contributed by atoms with Crippen molar-refractivity contribution in [2.75, 3.05) is 13.4 Å². The molecule has 1 aromatic carbocycles. The summed E-state index contributed by atoms with van der Waals surface area (Å²) < 4.78 is 24.1. The molecule has 0 spiro atoms. The first-order valence-electron chi connectivity index (χ1n) is 4.90. The molecule has 4 nitrogen and oxygen atoms in total. The topological polar surface area (TPSA) is 58.9 Å². The molecule has 2 rings (SSSR count). The zero-order valence-electron chi connectivity index (χ0n) is 9.08. The van der Waals surface area contributed by atoms with Gasteiger partial charge in [0.25, 0.3) is 0 Å². The lowest BCUT2D eigenvalue weighted by atomic mass is 9.84. The number of hydrogen-bond acceptors (Lipinski definition) is 4. The third-order valence-corrected chi connectivity index (χ3v) is 2.65. The number of ether oxygens (including phenoxy) is 2. The third-order valence-electron chi connectivity index (χ3n) is 2.65. The van der Waals surface area contributed by atoms with Crippen molar-refractivity contribution in [1.82, 2.24) is 0 Å². The molecule has 1 aliphatic rings. The zero-order valence-corrected chi connectivity index (χ0v) is 9.08. The van der Waals surface area contributed by atoms with Gasteiger partial charge in [-0.2, -0.15) is 0 Å². The van der Waals surface area contributed by atoms with Crippen LogP contribution in [0.5, 0.6) is 17.2 Å². The molecule has 0 unspecified atom stereocenters. The minimum Gasteiger partial charge on any atom is -0.505 e. The smallest absolute Gasteiger partial charge is 0.231 e. The van der Waals surface area contributed by atoms with Gasteiger partial charge in [-0.1, -0.05) is 13.8 Å². The van der Waals surface area contributed by atoms with Gasteiger partial charge in [-0.05, 0) is 0 Å². The fourth-order valence-corrected chi connectivity index (χ4v) is 1.69. The standard InChI is InChI=1S/C11H13FO4/c1-11(2,4-13)8-9(12)6(14)3-7-10(8)16-5-15-7/h3,13-14H,4-5H2,1-2H3. The Morgan fingerprint density at radius 2 is 2.12 bits per heavy atom. The van der Waals surface area contributed by atoms with E-state index in [-0.39, 0.29) is 24.7 Å². The van der Waals surface area contributed by atoms with Crippen molar-refractivity contribution in [3.8, 4) is 17.2 Å². The number of hydrogen-bond donors (Lipinski definition) is 2. The summed E-state index contributed by atoms with van der Waals surface area (Å²) >= 11 is 0. The Kier molecular flexibility index (Phi) is 2.42. The molecule has 5 heteroatoms. The van der Waals surface area contributed by atoms with Crippen LogP contribution in [-0.2, 0) is 5.41 Å². The predicted molar refractivity (Wildman–Crippen MR) is 54.3 cm³/mol. The first-order valence-corrected chi connectivity index (χ1v) is 4.90. The maximum Gasteiger partial charge on any atom is 0.231 e. The molecule has 1 aromatic rings. The summed E-state index contributed by atoms with van der Waals surface area (Å²) in [7, 11) is 0. The van der Waals surface area contributed by atoms with Gasteiger partial charge in [-0.15, -0.1) is 0 Å². The van der Waals surface area contributed by atoms with Crippen LogP contribution < -0.4 is 9.47 Å². The van der Waals surface area contributed by atoms with Crippen molar-refractivity contribution in [3.63, 3.8) is 0 Å². The highest BCUT2D eigenvalue weighted by Crippen LogP contribution is 2.46. The maximum absolute atomic E-state index is 13.8. The number of benzene rings is 1. The summed E-state index contributed by atoms with van der Waals surface area (Å²) in [6.07, 6.45) is 0. The molecule has 16 heavy (non-hydrogen) atoms. The van der Waals surface area contributed by atoms with E-state index < -0.39 is 17.0 Å². The van der Waals surface area contributed by atoms with Crippen molar-refractivity contribution >= 4 is 0 Å². The van der Waals surface area contributed by atoms with Crippen LogP contribution in [-0.4, -0.2) is 23.6 Å². The quantitative estimate of drug-likeness (QED) is 0.806. The number of aliphatic hydroxyl groups is 1. The van der Waals surface area contributed by atoms with Crippen LogP contribution in [0.2, 0.25) is 0 Å². The van der Waals surface area contributed by atoms with Crippen molar-refractivity contribution in [3.05, 3.63) is 17.4 Å². The Morgan fingerprint density at radius 3 is 2.75 bits per heavy atom. The van der Waals surface area contributed by atoms with E-state index in [1.165, 1.54) is 6.07 Å². The molecule has 0 atom stereocenters. The number of phenolic OH excluding ortho intramolecular Hbond substituents is 1. The van der Waals surface area contributed by atoms with Gasteiger partial charge in [0, 0.05) is 17.0 Å². The summed E-state index contributed by atoms with van der Waals surface area (Å²) in [5, 5.41) is 18.7. The SMILES string of the molecule is CC(C)(CO)c1c(F)c(O)cc2c1OCO2. The van der Waals surface area contributed by atoms with Crippen LogP contribution in [0.15, 0.2) is 6.07 Å². The second-order valence-corrected chi connectivity index (χ2v) is 4.36. The van der Waals surface area contributed by atoms with Crippen LogP contribution in [0.25, 0.3) is 0 Å². The van der Waals surface area contributed by atoms with Gasteiger partial charge in [0.1, 0.15) is 0 Å². The van der Waals surface area contributed by atoms with Crippen molar-refractivity contribution in [2.24, 2.45) is 0 Å². The molecule has 0 fully saturated rings. The molecule has 0 aliphatic carbocycles. The Balaban J connectivity index is 2.68. The molecule has 1 aliphatic heterocycles. The first-order chi connectivity index (χ1) is 7.47. The summed E-state index contributed by atoms with van der Waals surface area (Å²) in [6, 6.07) is 1.18. The molecule has 0 saturated heterocycles. The summed E-state index contributed by atoms with van der Waals surface area (Å²) in [5.74, 6) is -0.714. The fourth-order valence-electron chi connectivity index (χ4n) is 1.69. The lowest BCUT2D eigenvalue weighted by Crippen LogP contribution is -2.24. The monoisotopic (exact) mass is 228 g/mol. The second-order valence-electron chi connectivity index (χ2n) is 4.36. The molecule has 1 heterocycles. The third kappa shape index (κ3) is 1.48. The van der Waals surface area contributed by atoms with E-state index in [4.69, 9.17) is 9.47 Å². The van der Waals surface area contributed by atoms with Gasteiger partial charge in [0.15, 0.2) is 23.1 Å². The molecule has 0 saturated carbocycles. The lowest BCUT2D eigenvalue weighted by molar-refractivity contribution is 0.168. The predicted octanol–water partition coefficient (Wildman–Crippen LogP) is 1.53.